The number of fused-ring (bicyclic) bond motifs is 2. The van der Waals surface area contributed by atoms with E-state index in [4.69, 9.17) is 0 Å². The Hall–Kier alpha value is -1.80. The van der Waals surface area contributed by atoms with Crippen LogP contribution in [0.3, 0.4) is 0 Å². The molecule has 0 aromatic heterocycles. The summed E-state index contributed by atoms with van der Waals surface area (Å²) in [6, 6.07) is 20.5. The summed E-state index contributed by atoms with van der Waals surface area (Å²) < 4.78 is 0. The quantitative estimate of drug-likeness (QED) is 0.880. The lowest BCUT2D eigenvalue weighted by Gasteiger charge is -2.39. The van der Waals surface area contributed by atoms with E-state index in [2.05, 4.69) is 71.7 Å². The van der Waals surface area contributed by atoms with Gasteiger partial charge in [0.05, 0.1) is 0 Å². The molecule has 2 heteroatoms. The first-order chi connectivity index (χ1) is 11.8. The first-order valence-corrected chi connectivity index (χ1v) is 9.37. The van der Waals surface area contributed by atoms with Gasteiger partial charge < -0.3 is 10.2 Å². The summed E-state index contributed by atoms with van der Waals surface area (Å²) in [5.74, 6) is 1.61. The zero-order valence-corrected chi connectivity index (χ0v) is 14.6. The number of likely N-dealkylation sites (tertiary alicyclic amines) is 1. The minimum absolute atomic E-state index is 0.667. The molecule has 2 bridgehead atoms. The zero-order chi connectivity index (χ0) is 16.4. The summed E-state index contributed by atoms with van der Waals surface area (Å²) in [6.45, 7) is 5.87. The highest BCUT2D eigenvalue weighted by Crippen LogP contribution is 2.38. The number of rotatable bonds is 5. The van der Waals surface area contributed by atoms with Crippen molar-refractivity contribution in [2.24, 2.45) is 11.8 Å². The minimum atomic E-state index is 0.667. The van der Waals surface area contributed by atoms with E-state index in [-0.39, 0.29) is 0 Å². The highest BCUT2D eigenvalue weighted by Gasteiger charge is 2.41. The molecule has 126 valence electrons. The zero-order valence-electron chi connectivity index (χ0n) is 14.6. The Labute approximate surface area is 145 Å². The van der Waals surface area contributed by atoms with Crippen LogP contribution in [0.1, 0.15) is 24.0 Å². The number of nitrogens with zero attached hydrogens (tertiary/aromatic N) is 1. The smallest absolute Gasteiger partial charge is 0.0342 e. The van der Waals surface area contributed by atoms with Crippen molar-refractivity contribution in [3.63, 3.8) is 0 Å². The average molecular weight is 320 g/mol. The first-order valence-electron chi connectivity index (χ1n) is 9.37. The van der Waals surface area contributed by atoms with Crippen molar-refractivity contribution in [3.8, 4) is 0 Å². The Bertz CT molecular complexity index is 635. The third kappa shape index (κ3) is 3.49. The molecular weight excluding hydrogens is 292 g/mol. The third-order valence-electron chi connectivity index (χ3n) is 5.85. The van der Waals surface area contributed by atoms with Crippen LogP contribution >= 0.6 is 0 Å². The van der Waals surface area contributed by atoms with Crippen molar-refractivity contribution in [1.29, 1.82) is 0 Å². The lowest BCUT2D eigenvalue weighted by molar-refractivity contribution is 0.156. The number of piperidine rings is 1. The fourth-order valence-electron chi connectivity index (χ4n) is 4.51. The molecule has 1 aliphatic carbocycles. The van der Waals surface area contributed by atoms with Crippen LogP contribution in [0, 0.1) is 18.8 Å². The first kappa shape index (κ1) is 15.7. The lowest BCUT2D eigenvalue weighted by Crippen LogP contribution is -2.48. The Morgan fingerprint density at radius 3 is 2.25 bits per heavy atom. The maximum Gasteiger partial charge on any atom is 0.0342 e. The van der Waals surface area contributed by atoms with Gasteiger partial charge in [-0.15, -0.1) is 0 Å². The fraction of sp³-hybridized carbons (Fsp3) is 0.455. The Balaban J connectivity index is 1.34. The topological polar surface area (TPSA) is 15.3 Å². The lowest BCUT2D eigenvalue weighted by atomic mass is 9.91. The van der Waals surface area contributed by atoms with Gasteiger partial charge in [-0.05, 0) is 55.7 Å². The van der Waals surface area contributed by atoms with Crippen LogP contribution in [-0.4, -0.2) is 30.6 Å². The molecule has 2 aliphatic rings. The van der Waals surface area contributed by atoms with Gasteiger partial charge in [0, 0.05) is 31.4 Å². The number of nitrogens with one attached hydrogen (secondary N) is 1. The summed E-state index contributed by atoms with van der Waals surface area (Å²) >= 11 is 0. The molecule has 4 rings (SSSR count). The van der Waals surface area contributed by atoms with Gasteiger partial charge in [0.2, 0.25) is 0 Å². The van der Waals surface area contributed by atoms with Gasteiger partial charge in [0.1, 0.15) is 0 Å². The highest BCUT2D eigenvalue weighted by molar-refractivity contribution is 5.46. The molecule has 2 aromatic rings. The number of anilines is 1. The van der Waals surface area contributed by atoms with Crippen LogP contribution in [0.25, 0.3) is 0 Å². The van der Waals surface area contributed by atoms with E-state index in [1.54, 1.807) is 0 Å². The molecule has 2 aromatic carbocycles. The third-order valence-corrected chi connectivity index (χ3v) is 5.85. The number of aryl methyl sites for hydroxylation is 1. The van der Waals surface area contributed by atoms with E-state index >= 15 is 0 Å². The second kappa shape index (κ2) is 6.98. The highest BCUT2D eigenvalue weighted by atomic mass is 15.2. The summed E-state index contributed by atoms with van der Waals surface area (Å²) in [5.41, 5.74) is 4.09. The van der Waals surface area contributed by atoms with Crippen LogP contribution < -0.4 is 5.32 Å². The van der Waals surface area contributed by atoms with Gasteiger partial charge in [-0.25, -0.2) is 0 Å². The van der Waals surface area contributed by atoms with Crippen LogP contribution in [0.4, 0.5) is 5.69 Å². The van der Waals surface area contributed by atoms with E-state index in [1.165, 1.54) is 55.7 Å². The van der Waals surface area contributed by atoms with Crippen LogP contribution in [0.15, 0.2) is 54.6 Å². The van der Waals surface area contributed by atoms with Gasteiger partial charge in [-0.2, -0.15) is 0 Å². The van der Waals surface area contributed by atoms with Gasteiger partial charge in [-0.1, -0.05) is 48.0 Å². The van der Waals surface area contributed by atoms with Gasteiger partial charge >= 0.3 is 0 Å². The standard InChI is InChI=1S/C22H28N2/c1-17-7-11-21(12-8-17)23-22-19-9-10-20(22)16-24(15-19)14-13-18-5-3-2-4-6-18/h2-8,11-12,19-20,22-23H,9-10,13-16H2,1H3/t19-,20+,22?. The maximum atomic E-state index is 3.84. The molecule has 0 radical (unpaired) electrons. The monoisotopic (exact) mass is 320 g/mol. The molecule has 1 aliphatic heterocycles. The average Bonchev–Trinajstić information content (AvgIpc) is 2.84. The molecule has 0 amide bonds. The van der Waals surface area contributed by atoms with Crippen molar-refractivity contribution >= 4 is 5.69 Å². The van der Waals surface area contributed by atoms with Gasteiger partial charge in [-0.3, -0.25) is 0 Å². The molecule has 1 saturated carbocycles. The van der Waals surface area contributed by atoms with Crippen molar-refractivity contribution in [2.75, 3.05) is 25.0 Å². The van der Waals surface area contributed by atoms with Gasteiger partial charge in [0.25, 0.3) is 0 Å². The molecule has 24 heavy (non-hydrogen) atoms. The molecule has 2 fully saturated rings. The van der Waals surface area contributed by atoms with Crippen molar-refractivity contribution in [3.05, 3.63) is 65.7 Å². The molecule has 1 saturated heterocycles. The van der Waals surface area contributed by atoms with Crippen molar-refractivity contribution < 1.29 is 0 Å². The fourth-order valence-corrected chi connectivity index (χ4v) is 4.51. The van der Waals surface area contributed by atoms with E-state index < -0.39 is 0 Å². The van der Waals surface area contributed by atoms with E-state index in [0.717, 1.165) is 11.8 Å². The second-order valence-corrected chi connectivity index (χ2v) is 7.63. The summed E-state index contributed by atoms with van der Waals surface area (Å²) in [7, 11) is 0. The van der Waals surface area contributed by atoms with E-state index in [1.807, 2.05) is 0 Å². The minimum Gasteiger partial charge on any atom is -0.382 e. The summed E-state index contributed by atoms with van der Waals surface area (Å²) in [6.07, 6.45) is 3.95. The number of hydrogen-bond donors (Lipinski definition) is 1. The molecule has 1 N–H and O–H groups in total. The van der Waals surface area contributed by atoms with Crippen LogP contribution in [0.2, 0.25) is 0 Å². The molecule has 1 heterocycles. The summed E-state index contributed by atoms with van der Waals surface area (Å²) in [5, 5.41) is 3.84. The van der Waals surface area contributed by atoms with Gasteiger partial charge in [0.15, 0.2) is 0 Å². The van der Waals surface area contributed by atoms with E-state index in [9.17, 15) is 0 Å². The maximum absolute atomic E-state index is 3.84. The van der Waals surface area contributed by atoms with Crippen molar-refractivity contribution in [2.45, 2.75) is 32.2 Å². The molecular formula is C22H28N2. The molecule has 0 spiro atoms. The van der Waals surface area contributed by atoms with Crippen molar-refractivity contribution in [1.82, 2.24) is 4.90 Å². The molecule has 1 unspecified atom stereocenters. The van der Waals surface area contributed by atoms with Crippen LogP contribution in [-0.2, 0) is 6.42 Å². The normalized spacial score (nSPS) is 26.5. The van der Waals surface area contributed by atoms with E-state index in [0.29, 0.717) is 6.04 Å². The Morgan fingerprint density at radius 2 is 1.58 bits per heavy atom. The molecule has 2 nitrogen and oxygen atoms in total. The Kier molecular flexibility index (Phi) is 4.57. The number of hydrogen-bond acceptors (Lipinski definition) is 2. The number of benzene rings is 2. The predicted molar refractivity (Wildman–Crippen MR) is 101 cm³/mol. The Morgan fingerprint density at radius 1 is 0.917 bits per heavy atom. The van der Waals surface area contributed by atoms with Crippen LogP contribution in [0.5, 0.6) is 0 Å². The molecule has 3 atom stereocenters. The summed E-state index contributed by atoms with van der Waals surface area (Å²) in [4.78, 5) is 2.70. The largest absolute Gasteiger partial charge is 0.382 e. The predicted octanol–water partition coefficient (Wildman–Crippen LogP) is 4.36. The SMILES string of the molecule is Cc1ccc(NC2[C@@H]3CC[C@H]2CN(CCc2ccccc2)C3)cc1. The second-order valence-electron chi connectivity index (χ2n) is 7.63.